The largest absolute Gasteiger partial charge is 1.00 e. The first-order chi connectivity index (χ1) is 13.8. The molecule has 0 atom stereocenters. The third-order valence-electron chi connectivity index (χ3n) is 5.49. The van der Waals surface area contributed by atoms with Crippen molar-refractivity contribution in [3.63, 3.8) is 0 Å². The van der Waals surface area contributed by atoms with E-state index in [1.54, 1.807) is 0 Å². The van der Waals surface area contributed by atoms with Crippen LogP contribution in [0.1, 0.15) is 6.92 Å². The van der Waals surface area contributed by atoms with E-state index >= 15 is 0 Å². The molecule has 2 nitrogen and oxygen atoms in total. The monoisotopic (exact) mass is 466 g/mol. The molecule has 29 heavy (non-hydrogen) atoms. The topological polar surface area (TPSA) is 15.3 Å². The molecule has 1 fully saturated rings. The van der Waals surface area contributed by atoms with Crippen LogP contribution in [0.2, 0.25) is 0 Å². The number of rotatable bonds is 5. The van der Waals surface area contributed by atoms with Crippen LogP contribution in [0.5, 0.6) is 0 Å². The van der Waals surface area contributed by atoms with Gasteiger partial charge in [-0.05, 0) is 43.3 Å². The van der Waals surface area contributed by atoms with Gasteiger partial charge >= 0.3 is 0 Å². The minimum Gasteiger partial charge on any atom is -1.00 e. The number of benzene rings is 3. The van der Waals surface area contributed by atoms with Gasteiger partial charge in [0.15, 0.2) is 0 Å². The van der Waals surface area contributed by atoms with E-state index in [2.05, 4.69) is 114 Å². The van der Waals surface area contributed by atoms with Crippen LogP contribution in [0, 0.1) is 0 Å². The molecule has 4 heteroatoms. The van der Waals surface area contributed by atoms with Gasteiger partial charge in [-0.15, -0.1) is 0 Å². The predicted molar refractivity (Wildman–Crippen MR) is 123 cm³/mol. The van der Waals surface area contributed by atoms with Gasteiger partial charge in [0, 0.05) is 31.9 Å². The maximum atomic E-state index is 3.47. The first kappa shape index (κ1) is 21.8. The van der Waals surface area contributed by atoms with Gasteiger partial charge in [0.1, 0.15) is 23.2 Å². The summed E-state index contributed by atoms with van der Waals surface area (Å²) in [4.78, 5) is 2.53. The molecule has 1 heterocycles. The number of hydrogen-bond acceptors (Lipinski definition) is 2. The second-order valence-electron chi connectivity index (χ2n) is 7.24. The summed E-state index contributed by atoms with van der Waals surface area (Å²) in [5.41, 5.74) is 1.38. The Bertz CT molecular complexity index is 811. The van der Waals surface area contributed by atoms with Crippen molar-refractivity contribution in [3.8, 4) is 0 Å². The Kier molecular flexibility index (Phi) is 7.66. The van der Waals surface area contributed by atoms with Gasteiger partial charge in [-0.25, -0.2) is 0 Å². The summed E-state index contributed by atoms with van der Waals surface area (Å²) in [6.45, 7) is 6.54. The molecule has 0 aliphatic carbocycles. The standard InChI is InChI=1S/C25H28N2P.BrH/c1-22(27-19-17-26-18-20-27)21-28(23-11-5-2-6-12-23,24-13-7-3-8-14-24)25-15-9-4-10-16-25;/h2-16,21,26H,17-20H2,1H3;1H/q+1;/p-1. The highest BCUT2D eigenvalue weighted by atomic mass is 79.9. The molecule has 0 saturated carbocycles. The number of allylic oxidation sites excluding steroid dienone is 1. The van der Waals surface area contributed by atoms with Crippen molar-refractivity contribution in [3.05, 3.63) is 103 Å². The van der Waals surface area contributed by atoms with Crippen molar-refractivity contribution in [2.24, 2.45) is 0 Å². The lowest BCUT2D eigenvalue weighted by Gasteiger charge is -2.32. The fourth-order valence-corrected chi connectivity index (χ4v) is 8.03. The highest BCUT2D eigenvalue weighted by molar-refractivity contribution is 7.98. The molecule has 1 N–H and O–H groups in total. The quantitative estimate of drug-likeness (QED) is 0.558. The van der Waals surface area contributed by atoms with Gasteiger partial charge in [0.25, 0.3) is 0 Å². The van der Waals surface area contributed by atoms with Crippen molar-refractivity contribution in [1.82, 2.24) is 10.2 Å². The number of piperazine rings is 1. The molecule has 0 radical (unpaired) electrons. The Morgan fingerprint density at radius 2 is 1.10 bits per heavy atom. The normalized spacial score (nSPS) is 14.9. The minimum absolute atomic E-state index is 0. The smallest absolute Gasteiger partial charge is 0.138 e. The number of halogens is 1. The van der Waals surface area contributed by atoms with Crippen LogP contribution >= 0.6 is 7.26 Å². The molecule has 0 amide bonds. The van der Waals surface area contributed by atoms with Crippen molar-refractivity contribution in [2.75, 3.05) is 26.2 Å². The van der Waals surface area contributed by atoms with Crippen LogP contribution in [0.4, 0.5) is 0 Å². The summed E-state index contributed by atoms with van der Waals surface area (Å²) in [6, 6.07) is 33.2. The second-order valence-corrected chi connectivity index (χ2v) is 10.5. The Morgan fingerprint density at radius 3 is 1.48 bits per heavy atom. The molecular formula is C25H28BrN2P. The van der Waals surface area contributed by atoms with E-state index < -0.39 is 7.26 Å². The summed E-state index contributed by atoms with van der Waals surface area (Å²) in [5, 5.41) is 7.68. The average Bonchev–Trinajstić information content (AvgIpc) is 2.80. The molecule has 0 bridgehead atoms. The van der Waals surface area contributed by atoms with E-state index in [0.717, 1.165) is 26.2 Å². The summed E-state index contributed by atoms with van der Waals surface area (Å²) < 4.78 is 0. The minimum atomic E-state index is -1.90. The van der Waals surface area contributed by atoms with Gasteiger partial charge in [-0.1, -0.05) is 54.6 Å². The van der Waals surface area contributed by atoms with Gasteiger partial charge in [-0.2, -0.15) is 0 Å². The predicted octanol–water partition coefficient (Wildman–Crippen LogP) is 0.751. The molecule has 1 saturated heterocycles. The van der Waals surface area contributed by atoms with Crippen LogP contribution in [-0.4, -0.2) is 31.1 Å². The van der Waals surface area contributed by atoms with E-state index in [1.165, 1.54) is 21.6 Å². The summed E-state index contributed by atoms with van der Waals surface area (Å²) >= 11 is 0. The maximum Gasteiger partial charge on any atom is 0.138 e. The zero-order chi connectivity index (χ0) is 19.2. The SMILES string of the molecule is CC(=C[P+](c1ccccc1)(c1ccccc1)c1ccccc1)N1CCNCC1.[Br-]. The van der Waals surface area contributed by atoms with Crippen molar-refractivity contribution in [1.29, 1.82) is 0 Å². The number of nitrogens with one attached hydrogen (secondary N) is 1. The zero-order valence-electron chi connectivity index (χ0n) is 16.8. The number of hydrogen-bond donors (Lipinski definition) is 1. The average molecular weight is 467 g/mol. The second kappa shape index (κ2) is 10.2. The highest BCUT2D eigenvalue weighted by Crippen LogP contribution is 2.57. The molecular weight excluding hydrogens is 439 g/mol. The lowest BCUT2D eigenvalue weighted by Crippen LogP contribution is -3.00. The Labute approximate surface area is 185 Å². The van der Waals surface area contributed by atoms with Crippen LogP contribution < -0.4 is 38.2 Å². The molecule has 150 valence electrons. The molecule has 1 aliphatic rings. The first-order valence-corrected chi connectivity index (χ1v) is 11.9. The Balaban J connectivity index is 0.00000240. The summed E-state index contributed by atoms with van der Waals surface area (Å²) in [6.07, 6.45) is 0. The van der Waals surface area contributed by atoms with Crippen LogP contribution in [0.15, 0.2) is 103 Å². The lowest BCUT2D eigenvalue weighted by molar-refractivity contribution is -0.00000558. The molecule has 0 spiro atoms. The Hall–Kier alpha value is -1.93. The molecule has 0 aromatic heterocycles. The van der Waals surface area contributed by atoms with Gasteiger partial charge in [0.2, 0.25) is 0 Å². The third-order valence-corrected chi connectivity index (χ3v) is 9.59. The van der Waals surface area contributed by atoms with Crippen LogP contribution in [0.3, 0.4) is 0 Å². The summed E-state index contributed by atoms with van der Waals surface area (Å²) in [7, 11) is -1.90. The van der Waals surface area contributed by atoms with E-state index in [4.69, 9.17) is 0 Å². The van der Waals surface area contributed by atoms with Crippen molar-refractivity contribution < 1.29 is 17.0 Å². The van der Waals surface area contributed by atoms with Gasteiger partial charge in [0.05, 0.1) is 5.82 Å². The van der Waals surface area contributed by atoms with Crippen molar-refractivity contribution in [2.45, 2.75) is 6.92 Å². The lowest BCUT2D eigenvalue weighted by atomic mass is 10.3. The van der Waals surface area contributed by atoms with Gasteiger partial charge in [-0.3, -0.25) is 0 Å². The fraction of sp³-hybridized carbons (Fsp3) is 0.200. The summed E-state index contributed by atoms with van der Waals surface area (Å²) in [5.74, 6) is 2.58. The van der Waals surface area contributed by atoms with E-state index in [-0.39, 0.29) is 17.0 Å². The molecule has 4 rings (SSSR count). The van der Waals surface area contributed by atoms with E-state index in [0.29, 0.717) is 0 Å². The van der Waals surface area contributed by atoms with E-state index in [9.17, 15) is 0 Å². The third kappa shape index (κ3) is 4.64. The number of nitrogens with zero attached hydrogens (tertiary/aromatic N) is 1. The first-order valence-electron chi connectivity index (χ1n) is 10.0. The van der Waals surface area contributed by atoms with Crippen LogP contribution in [0.25, 0.3) is 0 Å². The van der Waals surface area contributed by atoms with E-state index in [1.807, 2.05) is 0 Å². The Morgan fingerprint density at radius 1 is 0.724 bits per heavy atom. The molecule has 3 aromatic carbocycles. The fourth-order valence-electron chi connectivity index (χ4n) is 4.04. The molecule has 0 unspecified atom stereocenters. The van der Waals surface area contributed by atoms with Crippen LogP contribution in [-0.2, 0) is 0 Å². The maximum absolute atomic E-state index is 3.47. The van der Waals surface area contributed by atoms with Crippen molar-refractivity contribution >= 4 is 23.2 Å². The molecule has 3 aromatic rings. The molecule has 1 aliphatic heterocycles. The zero-order valence-corrected chi connectivity index (χ0v) is 19.3. The van der Waals surface area contributed by atoms with Gasteiger partial charge < -0.3 is 27.2 Å². The highest BCUT2D eigenvalue weighted by Gasteiger charge is 2.44.